The Morgan fingerprint density at radius 2 is 0.494 bits per heavy atom. The number of ether oxygens (including phenoxy) is 3. The van der Waals surface area contributed by atoms with Crippen LogP contribution < -0.4 is 0 Å². The van der Waals surface area contributed by atoms with Crippen molar-refractivity contribution in [2.45, 2.75) is 297 Å². The van der Waals surface area contributed by atoms with Crippen molar-refractivity contribution >= 4 is 17.9 Å². The molecule has 0 bridgehead atoms. The molecule has 6 nitrogen and oxygen atoms in total. The van der Waals surface area contributed by atoms with Crippen LogP contribution in [0.15, 0.2) is 134 Å². The van der Waals surface area contributed by atoms with Crippen molar-refractivity contribution in [1.29, 1.82) is 0 Å². The fourth-order valence-electron chi connectivity index (χ4n) is 8.83. The summed E-state index contributed by atoms with van der Waals surface area (Å²) < 4.78 is 16.8. The minimum atomic E-state index is -0.782. The number of hydrogen-bond acceptors (Lipinski definition) is 6. The molecule has 0 N–H and O–H groups in total. The molecule has 1 unspecified atom stereocenters. The maximum absolute atomic E-state index is 12.8. The van der Waals surface area contributed by atoms with Crippen LogP contribution in [0.1, 0.15) is 290 Å². The standard InChI is InChI=1S/C73H120O6/c1-4-7-10-13-15-17-19-21-23-25-27-29-31-33-35-36-38-39-41-43-45-47-49-51-53-55-57-60-63-66-72(75)78-69-70(68-77-71(74)65-62-59-12-9-6-3)79-73(76)67-64-61-58-56-54-52-50-48-46-44-42-40-37-34-32-30-28-26-24-22-20-18-16-14-11-8-5-2/h7-8,10-11,15-18,21-24,27-30,33-35,37-39,70H,4-6,9,12-14,19-20,25-26,31-32,36,40-69H2,1-3H3/b10-7-,11-8-,17-15-,18-16-,23-21-,24-22-,29-27-,30-28-,35-33-,37-34-,39-38-. The van der Waals surface area contributed by atoms with E-state index in [0.717, 1.165) is 135 Å². The Kier molecular flexibility index (Phi) is 62.3. The highest BCUT2D eigenvalue weighted by Crippen LogP contribution is 2.16. The van der Waals surface area contributed by atoms with Gasteiger partial charge in [-0.3, -0.25) is 14.4 Å². The highest BCUT2D eigenvalue weighted by molar-refractivity contribution is 5.71. The Bertz CT molecular complexity index is 1680. The summed E-state index contributed by atoms with van der Waals surface area (Å²) in [6, 6.07) is 0. The molecule has 0 spiro atoms. The van der Waals surface area contributed by atoms with Crippen LogP contribution in [-0.2, 0) is 28.6 Å². The Hall–Kier alpha value is -4.45. The summed E-state index contributed by atoms with van der Waals surface area (Å²) in [6.07, 6.45) is 93.6. The van der Waals surface area contributed by atoms with Crippen LogP contribution in [0.3, 0.4) is 0 Å². The molecule has 79 heavy (non-hydrogen) atoms. The van der Waals surface area contributed by atoms with E-state index in [9.17, 15) is 14.4 Å². The van der Waals surface area contributed by atoms with Gasteiger partial charge in [-0.15, -0.1) is 0 Å². The normalized spacial score (nSPS) is 13.0. The summed E-state index contributed by atoms with van der Waals surface area (Å²) in [6.45, 7) is 6.33. The third kappa shape index (κ3) is 64.3. The van der Waals surface area contributed by atoms with Gasteiger partial charge in [0, 0.05) is 19.3 Å². The predicted octanol–water partition coefficient (Wildman–Crippen LogP) is 22.5. The van der Waals surface area contributed by atoms with Crippen molar-refractivity contribution in [3.63, 3.8) is 0 Å². The molecule has 0 amide bonds. The summed E-state index contributed by atoms with van der Waals surface area (Å²) in [5, 5.41) is 0. The van der Waals surface area contributed by atoms with Gasteiger partial charge < -0.3 is 14.2 Å². The molecular weight excluding hydrogens is 973 g/mol. The molecule has 0 rings (SSSR count). The lowest BCUT2D eigenvalue weighted by Gasteiger charge is -2.18. The van der Waals surface area contributed by atoms with Crippen molar-refractivity contribution in [1.82, 2.24) is 0 Å². The van der Waals surface area contributed by atoms with Gasteiger partial charge in [0.2, 0.25) is 0 Å². The maximum Gasteiger partial charge on any atom is 0.306 e. The van der Waals surface area contributed by atoms with Gasteiger partial charge in [-0.05, 0) is 116 Å². The fourth-order valence-corrected chi connectivity index (χ4v) is 8.83. The fraction of sp³-hybridized carbons (Fsp3) is 0.658. The van der Waals surface area contributed by atoms with Crippen LogP contribution in [0.2, 0.25) is 0 Å². The first-order valence-electron chi connectivity index (χ1n) is 32.7. The van der Waals surface area contributed by atoms with Crippen LogP contribution in [-0.4, -0.2) is 37.2 Å². The monoisotopic (exact) mass is 1090 g/mol. The Morgan fingerprint density at radius 1 is 0.266 bits per heavy atom. The lowest BCUT2D eigenvalue weighted by atomic mass is 10.0. The molecule has 0 saturated carbocycles. The molecule has 0 aromatic carbocycles. The highest BCUT2D eigenvalue weighted by atomic mass is 16.6. The average Bonchev–Trinajstić information content (AvgIpc) is 3.45. The zero-order chi connectivity index (χ0) is 57.1. The molecule has 0 heterocycles. The van der Waals surface area contributed by atoms with Crippen molar-refractivity contribution in [2.24, 2.45) is 0 Å². The summed E-state index contributed by atoms with van der Waals surface area (Å²) in [5.74, 6) is -0.901. The third-order valence-corrected chi connectivity index (χ3v) is 13.7. The lowest BCUT2D eigenvalue weighted by molar-refractivity contribution is -0.167. The second-order valence-electron chi connectivity index (χ2n) is 21.3. The van der Waals surface area contributed by atoms with E-state index < -0.39 is 6.10 Å². The van der Waals surface area contributed by atoms with Crippen LogP contribution in [0.4, 0.5) is 0 Å². The van der Waals surface area contributed by atoms with Crippen LogP contribution in [0.25, 0.3) is 0 Å². The third-order valence-electron chi connectivity index (χ3n) is 13.7. The van der Waals surface area contributed by atoms with E-state index in [0.29, 0.717) is 19.3 Å². The van der Waals surface area contributed by atoms with Gasteiger partial charge in [-0.1, -0.05) is 289 Å². The molecule has 0 aromatic heterocycles. The number of carbonyl (C=O) groups is 3. The molecule has 0 aliphatic carbocycles. The van der Waals surface area contributed by atoms with Gasteiger partial charge in [-0.2, -0.15) is 0 Å². The minimum absolute atomic E-state index is 0.0827. The Morgan fingerprint density at radius 3 is 0.772 bits per heavy atom. The van der Waals surface area contributed by atoms with E-state index in [1.54, 1.807) is 0 Å². The summed E-state index contributed by atoms with van der Waals surface area (Å²) in [5.41, 5.74) is 0. The van der Waals surface area contributed by atoms with Crippen molar-refractivity contribution in [2.75, 3.05) is 13.2 Å². The minimum Gasteiger partial charge on any atom is -0.462 e. The van der Waals surface area contributed by atoms with E-state index in [2.05, 4.69) is 154 Å². The van der Waals surface area contributed by atoms with Gasteiger partial charge in [0.1, 0.15) is 13.2 Å². The van der Waals surface area contributed by atoms with E-state index in [1.807, 2.05) is 0 Å². The highest BCUT2D eigenvalue weighted by Gasteiger charge is 2.19. The number of esters is 3. The molecule has 1 atom stereocenters. The molecule has 0 aliphatic rings. The van der Waals surface area contributed by atoms with E-state index >= 15 is 0 Å². The molecule has 0 radical (unpaired) electrons. The molecule has 0 aliphatic heterocycles. The zero-order valence-electron chi connectivity index (χ0n) is 51.3. The second kappa shape index (κ2) is 66.1. The largest absolute Gasteiger partial charge is 0.462 e. The van der Waals surface area contributed by atoms with Gasteiger partial charge in [0.25, 0.3) is 0 Å². The van der Waals surface area contributed by atoms with E-state index in [-0.39, 0.29) is 31.1 Å². The van der Waals surface area contributed by atoms with Gasteiger partial charge >= 0.3 is 17.9 Å². The van der Waals surface area contributed by atoms with Crippen LogP contribution in [0, 0.1) is 0 Å². The number of rotatable bonds is 58. The summed E-state index contributed by atoms with van der Waals surface area (Å²) >= 11 is 0. The average molecular weight is 1090 g/mol. The predicted molar refractivity (Wildman–Crippen MR) is 343 cm³/mol. The maximum atomic E-state index is 12.8. The first-order valence-corrected chi connectivity index (χ1v) is 32.7. The number of hydrogen-bond donors (Lipinski definition) is 0. The smallest absolute Gasteiger partial charge is 0.306 e. The van der Waals surface area contributed by atoms with Gasteiger partial charge in [-0.25, -0.2) is 0 Å². The SMILES string of the molecule is CC/C=C\C/C=C\C/C=C\C/C=C\C/C=C\C/C=C\CCCCCCCCCCCCC(=O)OCC(COC(=O)CCCCCCC)OC(=O)CCCCCCCCCCCCC/C=C\C/C=C\C/C=C\C/C=C\C/C=C\CC. The van der Waals surface area contributed by atoms with Crippen LogP contribution >= 0.6 is 0 Å². The van der Waals surface area contributed by atoms with Crippen molar-refractivity contribution in [3.8, 4) is 0 Å². The Labute approximate surface area is 487 Å². The Balaban J connectivity index is 4.07. The number of allylic oxidation sites excluding steroid dienone is 22. The molecule has 6 heteroatoms. The molecule has 0 aromatic rings. The van der Waals surface area contributed by atoms with Crippen molar-refractivity contribution < 1.29 is 28.6 Å². The molecular formula is C73H120O6. The van der Waals surface area contributed by atoms with Gasteiger partial charge in [0.15, 0.2) is 6.10 Å². The second-order valence-corrected chi connectivity index (χ2v) is 21.3. The summed E-state index contributed by atoms with van der Waals surface area (Å²) in [4.78, 5) is 38.0. The first-order chi connectivity index (χ1) is 39.0. The topological polar surface area (TPSA) is 78.9 Å². The molecule has 0 saturated heterocycles. The van der Waals surface area contributed by atoms with Crippen LogP contribution in [0.5, 0.6) is 0 Å². The van der Waals surface area contributed by atoms with Gasteiger partial charge in [0.05, 0.1) is 0 Å². The van der Waals surface area contributed by atoms with E-state index in [1.165, 1.54) is 116 Å². The number of unbranched alkanes of at least 4 members (excludes halogenated alkanes) is 25. The number of carbonyl (C=O) groups excluding carboxylic acids is 3. The zero-order valence-corrected chi connectivity index (χ0v) is 51.3. The lowest BCUT2D eigenvalue weighted by Crippen LogP contribution is -2.30. The summed E-state index contributed by atoms with van der Waals surface area (Å²) in [7, 11) is 0. The first kappa shape index (κ1) is 74.5. The molecule has 448 valence electrons. The van der Waals surface area contributed by atoms with Crippen molar-refractivity contribution in [3.05, 3.63) is 134 Å². The van der Waals surface area contributed by atoms with E-state index in [4.69, 9.17) is 14.2 Å². The quantitative estimate of drug-likeness (QED) is 0.0261. The molecule has 0 fully saturated rings.